The molecule has 1 aromatic heterocycles. The molecule has 4 nitrogen and oxygen atoms in total. The average Bonchev–Trinajstić information content (AvgIpc) is 3.03. The van der Waals surface area contributed by atoms with Gasteiger partial charge in [-0.3, -0.25) is 0 Å². The number of likely N-dealkylation sites (N-methyl/N-ethyl adjacent to an activating group) is 1. The Kier molecular flexibility index (Phi) is 5.31. The van der Waals surface area contributed by atoms with Gasteiger partial charge in [-0.1, -0.05) is 36.8 Å². The van der Waals surface area contributed by atoms with Gasteiger partial charge in [0.2, 0.25) is 0 Å². The first-order valence-electron chi connectivity index (χ1n) is 8.52. The van der Waals surface area contributed by atoms with Crippen molar-refractivity contribution in [1.29, 1.82) is 0 Å². The maximum absolute atomic E-state index is 6.32. The lowest BCUT2D eigenvalue weighted by atomic mass is 9.99. The molecule has 2 aromatic rings. The van der Waals surface area contributed by atoms with E-state index in [1.165, 1.54) is 34.0 Å². The number of aromatic nitrogens is 2. The summed E-state index contributed by atoms with van der Waals surface area (Å²) >= 11 is 1.23. The summed E-state index contributed by atoms with van der Waals surface area (Å²) in [6.45, 7) is 8.41. The number of hydrogen-bond donors (Lipinski definition) is 0. The summed E-state index contributed by atoms with van der Waals surface area (Å²) in [5.41, 5.74) is 5.89. The van der Waals surface area contributed by atoms with Crippen LogP contribution in [0.3, 0.4) is 0 Å². The number of benzene rings is 1. The van der Waals surface area contributed by atoms with Crippen molar-refractivity contribution in [1.82, 2.24) is 13.6 Å². The van der Waals surface area contributed by atoms with Gasteiger partial charge in [0.05, 0.1) is 11.7 Å². The molecular formula is C19H25N3OS. The fraction of sp³-hybridized carbons (Fsp3) is 0.474. The van der Waals surface area contributed by atoms with Crippen LogP contribution in [0, 0.1) is 13.8 Å². The molecule has 3 rings (SSSR count). The monoisotopic (exact) mass is 343 g/mol. The summed E-state index contributed by atoms with van der Waals surface area (Å²) in [6, 6.07) is 6.52. The molecule has 0 saturated carbocycles. The van der Waals surface area contributed by atoms with Gasteiger partial charge >= 0.3 is 0 Å². The van der Waals surface area contributed by atoms with Gasteiger partial charge in [0.15, 0.2) is 0 Å². The van der Waals surface area contributed by atoms with Gasteiger partial charge in [0.1, 0.15) is 11.8 Å². The van der Waals surface area contributed by atoms with Gasteiger partial charge in [0, 0.05) is 13.1 Å². The number of nitrogens with zero attached hydrogens (tertiary/aromatic N) is 3. The highest BCUT2D eigenvalue weighted by atomic mass is 32.1. The number of rotatable bonds is 5. The normalized spacial score (nSPS) is 16.8. The molecule has 128 valence electrons. The molecule has 1 aliphatic rings. The van der Waals surface area contributed by atoms with Crippen LogP contribution in [0.2, 0.25) is 0 Å². The predicted octanol–water partition coefficient (Wildman–Crippen LogP) is 4.40. The summed E-state index contributed by atoms with van der Waals surface area (Å²) in [6.07, 6.45) is 4.23. The quantitative estimate of drug-likeness (QED) is 0.806. The highest BCUT2D eigenvalue weighted by molar-refractivity contribution is 6.99. The van der Waals surface area contributed by atoms with Crippen LogP contribution in [0.5, 0.6) is 5.88 Å². The molecule has 0 bridgehead atoms. The Morgan fingerprint density at radius 1 is 1.29 bits per heavy atom. The summed E-state index contributed by atoms with van der Waals surface area (Å²) in [5.74, 6) is 0.675. The van der Waals surface area contributed by atoms with E-state index < -0.39 is 0 Å². The molecule has 2 heterocycles. The van der Waals surface area contributed by atoms with Crippen LogP contribution in [-0.4, -0.2) is 33.8 Å². The number of hydrogen-bond acceptors (Lipinski definition) is 5. The lowest BCUT2D eigenvalue weighted by molar-refractivity contribution is 0.193. The highest BCUT2D eigenvalue weighted by Crippen LogP contribution is 2.32. The molecule has 0 N–H and O–H groups in total. The molecule has 24 heavy (non-hydrogen) atoms. The van der Waals surface area contributed by atoms with E-state index >= 15 is 0 Å². The van der Waals surface area contributed by atoms with Gasteiger partial charge in [-0.15, -0.1) is 4.37 Å². The lowest BCUT2D eigenvalue weighted by Crippen LogP contribution is -2.25. The minimum atomic E-state index is 0.00877. The first-order chi connectivity index (χ1) is 11.6. The Balaban J connectivity index is 1.86. The smallest absolute Gasteiger partial charge is 0.254 e. The van der Waals surface area contributed by atoms with Crippen LogP contribution in [0.4, 0.5) is 0 Å². The van der Waals surface area contributed by atoms with Crippen molar-refractivity contribution in [3.8, 4) is 5.88 Å². The van der Waals surface area contributed by atoms with Crippen LogP contribution in [0.15, 0.2) is 24.3 Å². The molecule has 1 unspecified atom stereocenters. The average molecular weight is 343 g/mol. The minimum Gasteiger partial charge on any atom is -0.467 e. The third kappa shape index (κ3) is 3.68. The van der Waals surface area contributed by atoms with E-state index in [-0.39, 0.29) is 6.10 Å². The second-order valence-electron chi connectivity index (χ2n) is 6.55. The van der Waals surface area contributed by atoms with Crippen molar-refractivity contribution >= 4 is 17.3 Å². The molecule has 0 radical (unpaired) electrons. The van der Waals surface area contributed by atoms with Crippen molar-refractivity contribution in [3.05, 3.63) is 46.7 Å². The molecule has 0 spiro atoms. The molecule has 1 aliphatic heterocycles. The largest absolute Gasteiger partial charge is 0.467 e. The molecule has 0 saturated heterocycles. The Labute approximate surface area is 148 Å². The molecule has 5 heteroatoms. The lowest BCUT2D eigenvalue weighted by Gasteiger charge is -2.23. The van der Waals surface area contributed by atoms with Crippen LogP contribution in [0.1, 0.15) is 48.3 Å². The molecule has 0 amide bonds. The fourth-order valence-electron chi connectivity index (χ4n) is 3.13. The van der Waals surface area contributed by atoms with Crippen LogP contribution in [0.25, 0.3) is 5.57 Å². The molecule has 0 fully saturated rings. The molecule has 1 atom stereocenters. The van der Waals surface area contributed by atoms with Gasteiger partial charge in [-0.25, -0.2) is 0 Å². The van der Waals surface area contributed by atoms with E-state index in [4.69, 9.17) is 4.74 Å². The zero-order chi connectivity index (χ0) is 17.1. The standard InChI is InChI=1S/C19H25N3OS/c1-5-17(16-11-13(2)8-9-14(16)3)23-19-18(20-24-21-19)15-7-6-10-22(4)12-15/h7-9,11,17H,5-6,10,12H2,1-4H3. The summed E-state index contributed by atoms with van der Waals surface area (Å²) < 4.78 is 15.3. The number of ether oxygens (including phenoxy) is 1. The third-order valence-electron chi connectivity index (χ3n) is 4.51. The van der Waals surface area contributed by atoms with Gasteiger partial charge in [0.25, 0.3) is 5.88 Å². The Morgan fingerprint density at radius 3 is 2.88 bits per heavy atom. The van der Waals surface area contributed by atoms with Crippen molar-refractivity contribution in [2.24, 2.45) is 0 Å². The van der Waals surface area contributed by atoms with E-state index in [0.717, 1.165) is 31.6 Å². The molecule has 0 aliphatic carbocycles. The van der Waals surface area contributed by atoms with Crippen LogP contribution in [-0.2, 0) is 0 Å². The fourth-order valence-corrected chi connectivity index (χ4v) is 3.65. The molecular weight excluding hydrogens is 318 g/mol. The van der Waals surface area contributed by atoms with Gasteiger partial charge in [-0.2, -0.15) is 4.37 Å². The summed E-state index contributed by atoms with van der Waals surface area (Å²) in [4.78, 5) is 2.31. The maximum atomic E-state index is 6.32. The van der Waals surface area contributed by atoms with Crippen molar-refractivity contribution in [2.75, 3.05) is 20.1 Å². The zero-order valence-electron chi connectivity index (χ0n) is 14.9. The van der Waals surface area contributed by atoms with Crippen molar-refractivity contribution in [2.45, 2.75) is 39.7 Å². The number of aryl methyl sites for hydroxylation is 2. The van der Waals surface area contributed by atoms with Crippen molar-refractivity contribution in [3.63, 3.8) is 0 Å². The third-order valence-corrected chi connectivity index (χ3v) is 5.02. The first-order valence-corrected chi connectivity index (χ1v) is 9.25. The minimum absolute atomic E-state index is 0.00877. The Hall–Kier alpha value is -1.72. The highest BCUT2D eigenvalue weighted by Gasteiger charge is 2.22. The Bertz CT molecular complexity index is 738. The second-order valence-corrected chi connectivity index (χ2v) is 7.08. The maximum Gasteiger partial charge on any atom is 0.254 e. The van der Waals surface area contributed by atoms with E-state index in [1.54, 1.807) is 0 Å². The van der Waals surface area contributed by atoms with E-state index in [0.29, 0.717) is 5.88 Å². The SMILES string of the molecule is CCC(Oc1nsnc1C1=CCCN(C)C1)c1cc(C)ccc1C. The zero-order valence-corrected chi connectivity index (χ0v) is 15.7. The van der Waals surface area contributed by atoms with Crippen LogP contribution < -0.4 is 4.74 Å². The van der Waals surface area contributed by atoms with Gasteiger partial charge in [-0.05, 0) is 50.4 Å². The molecule has 1 aromatic carbocycles. The second kappa shape index (κ2) is 7.45. The van der Waals surface area contributed by atoms with E-state index in [2.05, 4.69) is 65.7 Å². The summed E-state index contributed by atoms with van der Waals surface area (Å²) in [7, 11) is 2.14. The summed E-state index contributed by atoms with van der Waals surface area (Å²) in [5, 5.41) is 0. The topological polar surface area (TPSA) is 38.3 Å². The Morgan fingerprint density at radius 2 is 2.12 bits per heavy atom. The predicted molar refractivity (Wildman–Crippen MR) is 99.6 cm³/mol. The van der Waals surface area contributed by atoms with Crippen molar-refractivity contribution < 1.29 is 4.74 Å². The van der Waals surface area contributed by atoms with E-state index in [1.807, 2.05) is 0 Å². The van der Waals surface area contributed by atoms with Crippen LogP contribution >= 0.6 is 11.7 Å². The first kappa shape index (κ1) is 17.1. The van der Waals surface area contributed by atoms with Gasteiger partial charge < -0.3 is 9.64 Å². The van der Waals surface area contributed by atoms with E-state index in [9.17, 15) is 0 Å².